The molecule has 0 aliphatic carbocycles. The first kappa shape index (κ1) is 20.6. The number of nitrogens with one attached hydrogen (secondary N) is 1. The van der Waals surface area contributed by atoms with Gasteiger partial charge >= 0.3 is 0 Å². The van der Waals surface area contributed by atoms with Crippen molar-refractivity contribution < 1.29 is 24.2 Å². The predicted octanol–water partition coefficient (Wildman–Crippen LogP) is 1.11. The van der Waals surface area contributed by atoms with Gasteiger partial charge in [0.1, 0.15) is 0 Å². The Labute approximate surface area is 162 Å². The van der Waals surface area contributed by atoms with Gasteiger partial charge in [-0.1, -0.05) is 6.07 Å². The molecular formula is C20H20N3O5-. The second-order valence-electron chi connectivity index (χ2n) is 6.21. The number of carboxylic acids is 1. The first-order valence-electron chi connectivity index (χ1n) is 8.49. The Bertz CT molecular complexity index is 888. The van der Waals surface area contributed by atoms with Crippen molar-refractivity contribution in [3.05, 3.63) is 53.6 Å². The minimum atomic E-state index is -1.36. The fraction of sp³-hybridized carbons (Fsp3) is 0.250. The summed E-state index contributed by atoms with van der Waals surface area (Å²) in [6.45, 7) is 3.27. The molecule has 1 unspecified atom stereocenters. The SMILES string of the molecule is CC(C)Oc1ccc(C(Nc2ccc(C#N)cc2)C(=O)[O-])cc1OCC(N)=O. The Balaban J connectivity index is 2.33. The van der Waals surface area contributed by atoms with Gasteiger partial charge in [0, 0.05) is 5.69 Å². The van der Waals surface area contributed by atoms with Crippen molar-refractivity contribution >= 4 is 17.6 Å². The van der Waals surface area contributed by atoms with Crippen molar-refractivity contribution in [2.45, 2.75) is 26.0 Å². The number of rotatable bonds is 9. The van der Waals surface area contributed by atoms with Crippen LogP contribution in [0.1, 0.15) is 31.0 Å². The third-order valence-corrected chi connectivity index (χ3v) is 3.59. The van der Waals surface area contributed by atoms with Crippen LogP contribution in [0.3, 0.4) is 0 Å². The molecule has 2 aromatic rings. The van der Waals surface area contributed by atoms with E-state index in [0.717, 1.165) is 0 Å². The second-order valence-corrected chi connectivity index (χ2v) is 6.21. The summed E-state index contributed by atoms with van der Waals surface area (Å²) in [5.41, 5.74) is 6.40. The number of carboxylic acid groups (broad SMARTS) is 1. The van der Waals surface area contributed by atoms with E-state index in [2.05, 4.69) is 5.32 Å². The third kappa shape index (κ3) is 5.64. The number of nitrogens with two attached hydrogens (primary N) is 1. The number of amides is 1. The van der Waals surface area contributed by atoms with Gasteiger partial charge in [-0.05, 0) is 55.8 Å². The minimum absolute atomic E-state index is 0.157. The van der Waals surface area contributed by atoms with Crippen LogP contribution in [-0.4, -0.2) is 24.6 Å². The van der Waals surface area contributed by atoms with Crippen LogP contribution in [0.2, 0.25) is 0 Å². The zero-order chi connectivity index (χ0) is 20.7. The lowest BCUT2D eigenvalue weighted by Crippen LogP contribution is -2.34. The summed E-state index contributed by atoms with van der Waals surface area (Å²) in [6.07, 6.45) is -0.157. The summed E-state index contributed by atoms with van der Waals surface area (Å²) in [6, 6.07) is 11.7. The number of carbonyl (C=O) groups is 2. The van der Waals surface area contributed by atoms with Crippen molar-refractivity contribution in [1.29, 1.82) is 5.26 Å². The summed E-state index contributed by atoms with van der Waals surface area (Å²) in [7, 11) is 0. The molecule has 0 bridgehead atoms. The molecule has 8 heteroatoms. The van der Waals surface area contributed by atoms with Gasteiger partial charge in [0.25, 0.3) is 5.91 Å². The van der Waals surface area contributed by atoms with Gasteiger partial charge in [0.2, 0.25) is 0 Å². The van der Waals surface area contributed by atoms with Gasteiger partial charge in [0.15, 0.2) is 18.1 Å². The normalized spacial score (nSPS) is 11.4. The number of primary amides is 1. The largest absolute Gasteiger partial charge is 0.548 e. The zero-order valence-electron chi connectivity index (χ0n) is 15.5. The van der Waals surface area contributed by atoms with Crippen molar-refractivity contribution in [3.63, 3.8) is 0 Å². The van der Waals surface area contributed by atoms with E-state index in [-0.39, 0.29) is 18.5 Å². The van der Waals surface area contributed by atoms with Crippen molar-refractivity contribution in [3.8, 4) is 17.6 Å². The Morgan fingerprint density at radius 2 is 1.86 bits per heavy atom. The number of benzene rings is 2. The van der Waals surface area contributed by atoms with Gasteiger partial charge in [-0.3, -0.25) is 4.79 Å². The van der Waals surface area contributed by atoms with E-state index in [4.69, 9.17) is 20.5 Å². The molecule has 0 aromatic heterocycles. The fourth-order valence-electron chi connectivity index (χ4n) is 2.40. The smallest absolute Gasteiger partial charge is 0.255 e. The molecule has 0 saturated carbocycles. The molecule has 28 heavy (non-hydrogen) atoms. The molecule has 0 aliphatic heterocycles. The monoisotopic (exact) mass is 382 g/mol. The van der Waals surface area contributed by atoms with Crippen molar-refractivity contribution in [2.75, 3.05) is 11.9 Å². The molecule has 8 nitrogen and oxygen atoms in total. The molecule has 0 heterocycles. The van der Waals surface area contributed by atoms with Gasteiger partial charge in [-0.2, -0.15) is 5.26 Å². The quantitative estimate of drug-likeness (QED) is 0.662. The molecule has 1 amide bonds. The molecular weight excluding hydrogens is 362 g/mol. The third-order valence-electron chi connectivity index (χ3n) is 3.59. The number of anilines is 1. The van der Waals surface area contributed by atoms with Crippen LogP contribution in [0.25, 0.3) is 0 Å². The standard InChI is InChI=1S/C20H21N3O5/c1-12(2)28-16-8-5-14(9-17(16)27-11-18(22)24)19(20(25)26)23-15-6-3-13(10-21)4-7-15/h3-9,12,19,23H,11H2,1-2H3,(H2,22,24)(H,25,26)/p-1. The Morgan fingerprint density at radius 3 is 2.39 bits per heavy atom. The number of nitriles is 1. The number of ether oxygens (including phenoxy) is 2. The Hall–Kier alpha value is -3.73. The van der Waals surface area contributed by atoms with E-state index in [1.807, 2.05) is 19.9 Å². The molecule has 0 fully saturated rings. The molecule has 146 valence electrons. The van der Waals surface area contributed by atoms with Gasteiger partial charge < -0.3 is 30.4 Å². The highest BCUT2D eigenvalue weighted by atomic mass is 16.5. The lowest BCUT2D eigenvalue weighted by molar-refractivity contribution is -0.307. The van der Waals surface area contributed by atoms with Crippen LogP contribution in [0.15, 0.2) is 42.5 Å². The predicted molar refractivity (Wildman–Crippen MR) is 99.4 cm³/mol. The first-order chi connectivity index (χ1) is 13.3. The number of hydrogen-bond donors (Lipinski definition) is 2. The average molecular weight is 382 g/mol. The van der Waals surface area contributed by atoms with E-state index in [1.54, 1.807) is 36.4 Å². The van der Waals surface area contributed by atoms with Crippen molar-refractivity contribution in [2.24, 2.45) is 5.73 Å². The van der Waals surface area contributed by atoms with Crippen LogP contribution < -0.4 is 25.6 Å². The molecule has 3 N–H and O–H groups in total. The Morgan fingerprint density at radius 1 is 1.18 bits per heavy atom. The minimum Gasteiger partial charge on any atom is -0.548 e. The number of hydrogen-bond acceptors (Lipinski definition) is 7. The van der Waals surface area contributed by atoms with Crippen LogP contribution in [-0.2, 0) is 9.59 Å². The molecule has 0 spiro atoms. The molecule has 2 rings (SSSR count). The lowest BCUT2D eigenvalue weighted by Gasteiger charge is -2.23. The van der Waals surface area contributed by atoms with E-state index >= 15 is 0 Å². The van der Waals surface area contributed by atoms with Crippen LogP contribution >= 0.6 is 0 Å². The van der Waals surface area contributed by atoms with Gasteiger partial charge in [-0.25, -0.2) is 0 Å². The fourth-order valence-corrected chi connectivity index (χ4v) is 2.40. The van der Waals surface area contributed by atoms with Gasteiger partial charge in [0.05, 0.1) is 29.7 Å². The second kappa shape index (κ2) is 9.28. The van der Waals surface area contributed by atoms with E-state index in [0.29, 0.717) is 22.6 Å². The topological polar surface area (TPSA) is 138 Å². The zero-order valence-corrected chi connectivity index (χ0v) is 15.5. The summed E-state index contributed by atoms with van der Waals surface area (Å²) in [5, 5.41) is 23.4. The lowest BCUT2D eigenvalue weighted by atomic mass is 10.1. The maximum Gasteiger partial charge on any atom is 0.255 e. The molecule has 2 aromatic carbocycles. The van der Waals surface area contributed by atoms with E-state index in [9.17, 15) is 14.7 Å². The Kier molecular flexibility index (Phi) is 6.82. The van der Waals surface area contributed by atoms with Crippen LogP contribution in [0.4, 0.5) is 5.69 Å². The number of nitrogens with zero attached hydrogens (tertiary/aromatic N) is 1. The molecule has 0 aliphatic rings. The molecule has 0 saturated heterocycles. The number of aliphatic carboxylic acids is 1. The summed E-state index contributed by atoms with van der Waals surface area (Å²) in [4.78, 5) is 22.7. The average Bonchev–Trinajstić information content (AvgIpc) is 2.65. The highest BCUT2D eigenvalue weighted by molar-refractivity contribution is 5.78. The van der Waals surface area contributed by atoms with E-state index in [1.165, 1.54) is 6.07 Å². The van der Waals surface area contributed by atoms with Crippen LogP contribution in [0, 0.1) is 11.3 Å². The van der Waals surface area contributed by atoms with Crippen molar-refractivity contribution in [1.82, 2.24) is 0 Å². The summed E-state index contributed by atoms with van der Waals surface area (Å²) >= 11 is 0. The first-order valence-corrected chi connectivity index (χ1v) is 8.49. The van der Waals surface area contributed by atoms with Crippen LogP contribution in [0.5, 0.6) is 11.5 Å². The highest BCUT2D eigenvalue weighted by Crippen LogP contribution is 2.32. The maximum atomic E-state index is 11.7. The summed E-state index contributed by atoms with van der Waals surface area (Å²) in [5.74, 6) is -1.48. The van der Waals surface area contributed by atoms with Gasteiger partial charge in [-0.15, -0.1) is 0 Å². The maximum absolute atomic E-state index is 11.7. The van der Waals surface area contributed by atoms with E-state index < -0.39 is 17.9 Å². The molecule has 0 radical (unpaired) electrons. The highest BCUT2D eigenvalue weighted by Gasteiger charge is 2.17. The molecule has 1 atom stereocenters. The summed E-state index contributed by atoms with van der Waals surface area (Å²) < 4.78 is 11.0. The number of carbonyl (C=O) groups excluding carboxylic acids is 2.